The van der Waals surface area contributed by atoms with Crippen LogP contribution < -0.4 is 9.80 Å². The smallest absolute Gasteiger partial charge is 0.410 e. The van der Waals surface area contributed by atoms with E-state index in [9.17, 15) is 91.7 Å². The van der Waals surface area contributed by atoms with E-state index in [0.29, 0.717) is 42.3 Å². The molecule has 19 nitrogen and oxygen atoms in total. The number of alkyl halides is 12. The molecule has 0 spiro atoms. The number of halogens is 12. The Labute approximate surface area is 701 Å². The third-order valence-electron chi connectivity index (χ3n) is 20.0. The standard InChI is InChI=1S/C42H40F6N2O7.C22H19F6NO4.C20H23NO4.16H2/c1-49(40(53)56-26-34-32-13-7-5-11-30(32)31-12-6-8-14-33(31)34)35(24-37(41(43,44)45)42(46,47)48)38(51)57-36(39(52)55-25-28-9-3-2-4-10-28)23-27-15-17-29(18-16-27)50-19-21-54-22-20-50;1-29(17(19(30)31)10-18(21(23,24)25)22(26,27)28)20(32)33-11-16-14-8-4-2-6-12(14)13-7-3-5-9-15(13)16;22-19(20(23)25-15-17-4-2-1-3-5-17)14-16-6-8-18(9-7-16)21-10-12-24-13-11-21;;;;;;;;;;;;;;;;/h2-18,34-37H,19-26H2,1H3;2-9,16-18H,10-11H2,1H3,(H,30,31);1-9,19,22H,10-15H2;16*1H/t35-,36+;17-;19-;;;;;;;;;;;;;;;;/m001................/s1/i;;;15*1+1D;1+1. The van der Waals surface area contributed by atoms with Gasteiger partial charge in [0.15, 0.2) is 17.9 Å². The number of hydrogen-bond donors (Lipinski definition) is 2. The van der Waals surface area contributed by atoms with Gasteiger partial charge in [-0.15, -0.1) is 0 Å². The summed E-state index contributed by atoms with van der Waals surface area (Å²) in [6.07, 6.45) is -32.8. The maximum atomic E-state index is 14.0. The van der Waals surface area contributed by atoms with Crippen LogP contribution in [0.4, 0.5) is 73.6 Å². The van der Waals surface area contributed by atoms with Crippen LogP contribution in [0.2, 0.25) is 0 Å². The first-order chi connectivity index (χ1) is 69.7. The number of carboxylic acid groups (broad SMARTS) is 1. The van der Waals surface area contributed by atoms with Crippen LogP contribution in [0.5, 0.6) is 0 Å². The Morgan fingerprint density at radius 3 is 1.10 bits per heavy atom. The first-order valence-corrected chi connectivity index (χ1v) is 36.5. The number of carbonyl (C=O) groups is 6. The van der Waals surface area contributed by atoms with Crippen molar-refractivity contribution in [1.29, 1.82) is 0 Å². The molecule has 2 saturated heterocycles. The molecule has 115 heavy (non-hydrogen) atoms. The third kappa shape index (κ3) is 23.1. The van der Waals surface area contributed by atoms with Crippen molar-refractivity contribution in [2.24, 2.45) is 11.8 Å². The van der Waals surface area contributed by atoms with Gasteiger partial charge in [0.25, 0.3) is 0 Å². The topological polar surface area (TPSA) is 220 Å². The van der Waals surface area contributed by atoms with Gasteiger partial charge in [0.1, 0.15) is 38.5 Å². The molecule has 0 aromatic heterocycles. The molecule has 2 fully saturated rings. The second-order valence-corrected chi connectivity index (χ2v) is 27.5. The van der Waals surface area contributed by atoms with Crippen LogP contribution in [0.1, 0.15) is 115 Å². The number of morpholine rings is 2. The van der Waals surface area contributed by atoms with E-state index in [1.54, 1.807) is 78.9 Å². The van der Waals surface area contributed by atoms with E-state index in [2.05, 4.69) is 9.80 Å². The molecule has 8 aromatic rings. The monoisotopic (exact) mass is 1680 g/mol. The maximum Gasteiger partial charge on any atom is 0.410 e. The highest BCUT2D eigenvalue weighted by Gasteiger charge is 2.60. The number of aliphatic hydroxyl groups excluding tert-OH is 1. The second kappa shape index (κ2) is 38.8. The predicted octanol–water partition coefficient (Wildman–Crippen LogP) is 19.7. The van der Waals surface area contributed by atoms with E-state index in [1.807, 2.05) is 127 Å². The third-order valence-corrected chi connectivity index (χ3v) is 20.0. The lowest BCUT2D eigenvalue weighted by molar-refractivity contribution is -0.289. The molecule has 2 N–H and O–H groups in total. The number of amides is 2. The number of fused-ring (bicyclic) bond motifs is 6. The summed E-state index contributed by atoms with van der Waals surface area (Å²) in [4.78, 5) is 81.6. The van der Waals surface area contributed by atoms with E-state index >= 15 is 0 Å². The van der Waals surface area contributed by atoms with Gasteiger partial charge < -0.3 is 53.2 Å². The normalized spacial score (nSPS) is 16.2. The van der Waals surface area contributed by atoms with E-state index in [4.69, 9.17) is 77.7 Å². The van der Waals surface area contributed by atoms with Crippen molar-refractivity contribution in [2.75, 3.05) is 89.7 Å². The highest BCUT2D eigenvalue weighted by atomic mass is 19.4. The number of aliphatic hydroxyl groups is 1. The second-order valence-electron chi connectivity index (χ2n) is 27.5. The highest BCUT2D eigenvalue weighted by molar-refractivity contribution is 5.86. The van der Waals surface area contributed by atoms with Gasteiger partial charge >= 0.3 is 60.8 Å². The van der Waals surface area contributed by atoms with Crippen molar-refractivity contribution in [3.8, 4) is 22.3 Å². The zero-order valence-electron chi connectivity index (χ0n) is 92.1. The summed E-state index contributed by atoms with van der Waals surface area (Å²) in [5, 5.41) is 19.3. The molecule has 2 aliphatic carbocycles. The van der Waals surface area contributed by atoms with E-state index in [0.717, 1.165) is 107 Å². The van der Waals surface area contributed by atoms with Crippen LogP contribution in [0, 0.1) is 11.8 Å². The minimum atomic E-state index is -5.85. The zero-order chi connectivity index (χ0) is 113. The largest absolute Gasteiger partial charge is 0.480 e. The number of carbonyl (C=O) groups excluding carboxylic acids is 5. The van der Waals surface area contributed by atoms with Gasteiger partial charge in [0.2, 0.25) is 6.10 Å². The van der Waals surface area contributed by atoms with Crippen LogP contribution in [0.25, 0.3) is 22.3 Å². The Balaban J connectivity index is -0.000000371. The number of benzene rings is 8. The first-order valence-electron chi connectivity index (χ1n) is 51.5. The quantitative estimate of drug-likeness (QED) is 0.0308. The number of anilines is 2. The Morgan fingerprint density at radius 2 is 0.748 bits per heavy atom. The summed E-state index contributed by atoms with van der Waals surface area (Å²) in [7, 11) is 1.64. The van der Waals surface area contributed by atoms with E-state index < -0.39 is 122 Å². The average Bonchev–Trinajstić information content (AvgIpc) is 1.64. The van der Waals surface area contributed by atoms with Crippen molar-refractivity contribution in [3.05, 3.63) is 251 Å². The molecule has 4 atom stereocenters. The van der Waals surface area contributed by atoms with Crippen LogP contribution in [0.3, 0.4) is 0 Å². The molecule has 644 valence electrons. The van der Waals surface area contributed by atoms with Crippen LogP contribution in [0.15, 0.2) is 206 Å². The van der Waals surface area contributed by atoms with Gasteiger partial charge in [-0.05, 0) is 104 Å². The van der Waals surface area contributed by atoms with Crippen LogP contribution >= 0.6 is 0 Å². The molecule has 8 aromatic carbocycles. The lowest BCUT2D eigenvalue weighted by atomic mass is 9.97. The van der Waals surface area contributed by atoms with Gasteiger partial charge in [-0.3, -0.25) is 9.80 Å². The average molecular weight is 1680 g/mol. The van der Waals surface area contributed by atoms with Crippen molar-refractivity contribution in [1.82, 2.24) is 9.80 Å². The molecule has 2 heterocycles. The summed E-state index contributed by atoms with van der Waals surface area (Å²) < 4.78 is 348. The Bertz CT molecular complexity index is 4550. The number of aliphatic carboxylic acids is 1. The summed E-state index contributed by atoms with van der Waals surface area (Å²) in [5.74, 6) is -14.2. The first kappa shape index (κ1) is 67.2. The molecule has 0 radical (unpaired) electrons. The molecular weight excluding hydrogens is 1530 g/mol. The summed E-state index contributed by atoms with van der Waals surface area (Å²) in [5.41, 5.74) is 11.6. The van der Waals surface area contributed by atoms with E-state index in [1.165, 1.54) is 0 Å². The highest BCUT2D eigenvalue weighted by Crippen LogP contribution is 2.48. The molecule has 4 aliphatic rings. The fraction of sp³-hybridized carbons (Fsp3) is 0.357. The number of likely N-dealkylation sites (N-methyl/N-ethyl adjacent to an activating group) is 2. The minimum absolute atomic E-state index is 0. The summed E-state index contributed by atoms with van der Waals surface area (Å²) >= 11 is 0. The predicted molar refractivity (Wildman–Crippen MR) is 430 cm³/mol. The Kier molecular flexibility index (Phi) is 22.6. The van der Waals surface area contributed by atoms with Crippen molar-refractivity contribution >= 4 is 47.4 Å². The van der Waals surface area contributed by atoms with E-state index in [-0.39, 0.29) is 45.6 Å². The van der Waals surface area contributed by atoms with Crippen molar-refractivity contribution in [2.45, 2.75) is 99.7 Å². The fourth-order valence-electron chi connectivity index (χ4n) is 13.7. The van der Waals surface area contributed by atoms with Gasteiger partial charge in [0.05, 0.1) is 26.4 Å². The number of hydrogen-bond acceptors (Lipinski definition) is 16. The number of esters is 3. The van der Waals surface area contributed by atoms with Gasteiger partial charge in [-0.25, -0.2) is 28.8 Å². The molecule has 2 amide bonds. The van der Waals surface area contributed by atoms with Crippen molar-refractivity contribution < 1.29 is 171 Å². The fourth-order valence-corrected chi connectivity index (χ4v) is 13.7. The van der Waals surface area contributed by atoms with Gasteiger partial charge in [-0.2, -0.15) is 52.7 Å². The van der Waals surface area contributed by atoms with Gasteiger partial charge in [0, 0.05) is 122 Å². The van der Waals surface area contributed by atoms with Crippen LogP contribution in [-0.4, -0.2) is 185 Å². The maximum absolute atomic E-state index is 14.0. The summed E-state index contributed by atoms with van der Waals surface area (Å²) in [6, 6.07) is 56.9. The Hall–Kier alpha value is -11.2. The summed E-state index contributed by atoms with van der Waals surface area (Å²) in [6.45, 7) is 4.89. The molecule has 31 heteroatoms. The molecule has 0 saturated carbocycles. The van der Waals surface area contributed by atoms with Crippen molar-refractivity contribution in [3.63, 3.8) is 0 Å². The Morgan fingerprint density at radius 1 is 0.426 bits per heavy atom. The minimum Gasteiger partial charge on any atom is -0.480 e. The lowest BCUT2D eigenvalue weighted by Crippen LogP contribution is -2.50. The number of rotatable bonds is 25. The van der Waals surface area contributed by atoms with Gasteiger partial charge in [-0.1, -0.05) is 182 Å². The zero-order valence-corrected chi connectivity index (χ0v) is 62.1. The number of ether oxygens (including phenoxy) is 7. The molecule has 0 bridgehead atoms. The number of carboxylic acids is 1. The number of nitrogens with zero attached hydrogens (tertiary/aromatic N) is 4. The molecule has 12 rings (SSSR count). The van der Waals surface area contributed by atoms with Crippen LogP contribution in [-0.2, 0) is 78.4 Å². The molecule has 0 unspecified atom stereocenters. The molecular formula is C84H114F12N4O15. The molecule has 2 aliphatic heterocycles. The lowest BCUT2D eigenvalue weighted by Gasteiger charge is -2.32. The SMILES string of the molecule is CN(C(=O)OCC1c2ccccc2-c2ccccc21)[C@@H](CC(C(F)(F)F)C(F)(F)F)C(=O)O.CN(C(=O)OCC1c2ccccc2-c2ccccc21)[C@@H](CC(C(F)(F)F)C(F)(F)F)C(=O)O[C@H](Cc1ccc(N2CCOCC2)cc1)C(=O)OCc1ccccc1.O=C(OCc1ccccc1)[C@H](O)Cc1ccc(N2CCOCC2)cc1.[2HH].[2H][2H].[2H][2H].[2H][2H].[2H][2H].[2H][2H].[2H][2H].[2H][2H].[2H][2H].[2H][2H].[2H][2H].[2H][2H].[2H][2H].[2H][2H].[2H][2H].[2H][2H].